The average molecular weight is 528 g/mol. The standard InChI is InChI=1S/C24H17BrF3N5O/c25-16-9-5-14(6-10-16)7-11-17-21(20-12-8-15(13-29-20)24(26,27)28)32-33(22(17)34)23-30-18-3-1-2-4-19(18)31-23/h1-6,8-10,12-13,32H,7,11H2,(H,30,31). The first-order chi connectivity index (χ1) is 16.3. The maximum absolute atomic E-state index is 13.4. The van der Waals surface area contributed by atoms with Crippen LogP contribution >= 0.6 is 15.9 Å². The maximum Gasteiger partial charge on any atom is 0.417 e. The molecule has 5 aromatic rings. The van der Waals surface area contributed by atoms with Gasteiger partial charge in [0.15, 0.2) is 0 Å². The normalized spacial score (nSPS) is 11.9. The molecule has 10 heteroatoms. The number of pyridine rings is 1. The van der Waals surface area contributed by atoms with Crippen LogP contribution in [0, 0.1) is 0 Å². The smallest absolute Gasteiger partial charge is 0.322 e. The van der Waals surface area contributed by atoms with Crippen LogP contribution in [-0.4, -0.2) is 24.7 Å². The van der Waals surface area contributed by atoms with Gasteiger partial charge in [0.05, 0.1) is 28.0 Å². The number of para-hydroxylation sites is 2. The number of fused-ring (bicyclic) bond motifs is 1. The number of H-pyrrole nitrogens is 2. The number of halogens is 4. The lowest BCUT2D eigenvalue weighted by Gasteiger charge is -2.07. The van der Waals surface area contributed by atoms with E-state index in [0.29, 0.717) is 29.6 Å². The second-order valence-electron chi connectivity index (χ2n) is 7.74. The van der Waals surface area contributed by atoms with Crippen LogP contribution in [0.1, 0.15) is 16.7 Å². The van der Waals surface area contributed by atoms with E-state index in [9.17, 15) is 18.0 Å². The van der Waals surface area contributed by atoms with Gasteiger partial charge < -0.3 is 4.98 Å². The highest BCUT2D eigenvalue weighted by Crippen LogP contribution is 2.30. The van der Waals surface area contributed by atoms with Gasteiger partial charge in [-0.3, -0.25) is 14.9 Å². The second-order valence-corrected chi connectivity index (χ2v) is 8.66. The number of benzene rings is 2. The maximum atomic E-state index is 13.4. The van der Waals surface area contributed by atoms with Crippen molar-refractivity contribution < 1.29 is 13.2 Å². The van der Waals surface area contributed by atoms with E-state index in [2.05, 4.69) is 36.0 Å². The first-order valence-corrected chi connectivity index (χ1v) is 11.2. The molecule has 3 aromatic heterocycles. The van der Waals surface area contributed by atoms with E-state index in [-0.39, 0.29) is 17.2 Å². The van der Waals surface area contributed by atoms with Crippen LogP contribution in [0.2, 0.25) is 0 Å². The number of aromatic amines is 2. The third kappa shape index (κ3) is 4.28. The van der Waals surface area contributed by atoms with E-state index >= 15 is 0 Å². The molecule has 0 spiro atoms. The molecule has 0 radical (unpaired) electrons. The van der Waals surface area contributed by atoms with Crippen molar-refractivity contribution in [1.29, 1.82) is 0 Å². The molecule has 0 bridgehead atoms. The summed E-state index contributed by atoms with van der Waals surface area (Å²) in [7, 11) is 0. The van der Waals surface area contributed by atoms with Crippen LogP contribution in [0.4, 0.5) is 13.2 Å². The second kappa shape index (κ2) is 8.60. The summed E-state index contributed by atoms with van der Waals surface area (Å²) in [6.45, 7) is 0. The van der Waals surface area contributed by atoms with Gasteiger partial charge in [-0.05, 0) is 54.8 Å². The van der Waals surface area contributed by atoms with Crippen LogP contribution in [0.25, 0.3) is 28.4 Å². The molecule has 0 atom stereocenters. The molecule has 5 rings (SSSR count). The predicted octanol–water partition coefficient (Wildman–Crippen LogP) is 5.67. The van der Waals surface area contributed by atoms with Crippen molar-refractivity contribution in [2.45, 2.75) is 19.0 Å². The zero-order chi connectivity index (χ0) is 23.9. The van der Waals surface area contributed by atoms with E-state index < -0.39 is 11.7 Å². The molecule has 2 aromatic carbocycles. The van der Waals surface area contributed by atoms with Gasteiger partial charge in [0.25, 0.3) is 5.56 Å². The third-order valence-corrected chi connectivity index (χ3v) is 6.03. The number of nitrogens with zero attached hydrogens (tertiary/aromatic N) is 3. The number of hydrogen-bond acceptors (Lipinski definition) is 3. The average Bonchev–Trinajstić information content (AvgIpc) is 3.39. The molecule has 0 aliphatic carbocycles. The lowest BCUT2D eigenvalue weighted by atomic mass is 10.0. The molecular weight excluding hydrogens is 511 g/mol. The number of hydrogen-bond donors (Lipinski definition) is 2. The third-order valence-electron chi connectivity index (χ3n) is 5.50. The fraction of sp³-hybridized carbons (Fsp3) is 0.125. The Morgan fingerprint density at radius 2 is 1.74 bits per heavy atom. The molecule has 3 heterocycles. The molecule has 0 amide bonds. The molecule has 0 fully saturated rings. The summed E-state index contributed by atoms with van der Waals surface area (Å²) in [6, 6.07) is 17.3. The number of nitrogens with one attached hydrogen (secondary N) is 2. The summed E-state index contributed by atoms with van der Waals surface area (Å²) >= 11 is 3.40. The van der Waals surface area contributed by atoms with Crippen LogP contribution < -0.4 is 5.56 Å². The van der Waals surface area contributed by atoms with Gasteiger partial charge >= 0.3 is 6.18 Å². The van der Waals surface area contributed by atoms with Crippen molar-refractivity contribution in [3.8, 4) is 17.3 Å². The lowest BCUT2D eigenvalue weighted by Crippen LogP contribution is -2.18. The van der Waals surface area contributed by atoms with Crippen molar-refractivity contribution in [3.63, 3.8) is 0 Å². The summed E-state index contributed by atoms with van der Waals surface area (Å²) in [5, 5.41) is 3.01. The quantitative estimate of drug-likeness (QED) is 0.309. The number of alkyl halides is 3. The molecule has 6 nitrogen and oxygen atoms in total. The fourth-order valence-corrected chi connectivity index (χ4v) is 4.00. The summed E-state index contributed by atoms with van der Waals surface area (Å²) in [6.07, 6.45) is -2.80. The molecule has 0 saturated carbocycles. The first kappa shape index (κ1) is 22.1. The minimum absolute atomic E-state index is 0.241. The lowest BCUT2D eigenvalue weighted by molar-refractivity contribution is -0.137. The highest BCUT2D eigenvalue weighted by molar-refractivity contribution is 9.10. The molecular formula is C24H17BrF3N5O. The fourth-order valence-electron chi connectivity index (χ4n) is 3.74. The molecule has 0 unspecified atom stereocenters. The van der Waals surface area contributed by atoms with E-state index in [0.717, 1.165) is 27.8 Å². The summed E-state index contributed by atoms with van der Waals surface area (Å²) in [5.74, 6) is 0.286. The molecule has 0 saturated heterocycles. The van der Waals surface area contributed by atoms with Crippen LogP contribution in [-0.2, 0) is 19.0 Å². The minimum Gasteiger partial charge on any atom is -0.322 e. The van der Waals surface area contributed by atoms with E-state index in [1.54, 1.807) is 0 Å². The highest BCUT2D eigenvalue weighted by atomic mass is 79.9. The van der Waals surface area contributed by atoms with Crippen LogP contribution in [0.15, 0.2) is 76.1 Å². The number of aromatic nitrogens is 5. The highest BCUT2D eigenvalue weighted by Gasteiger charge is 2.31. The Hall–Kier alpha value is -3.66. The SMILES string of the molecule is O=c1c(CCc2ccc(Br)cc2)c(-c2ccc(C(F)(F)F)cn2)[nH]n1-c1nc2ccccc2[nH]1. The zero-order valence-corrected chi connectivity index (χ0v) is 19.1. The Morgan fingerprint density at radius 1 is 0.971 bits per heavy atom. The number of imidazole rings is 1. The van der Waals surface area contributed by atoms with Gasteiger partial charge in [0.2, 0.25) is 5.95 Å². The molecule has 0 aliphatic heterocycles. The van der Waals surface area contributed by atoms with Gasteiger partial charge in [-0.1, -0.05) is 40.2 Å². The molecule has 0 aliphatic rings. The Balaban J connectivity index is 1.58. The predicted molar refractivity (Wildman–Crippen MR) is 126 cm³/mol. The monoisotopic (exact) mass is 527 g/mol. The van der Waals surface area contributed by atoms with Gasteiger partial charge in [-0.25, -0.2) is 4.98 Å². The van der Waals surface area contributed by atoms with Crippen molar-refractivity contribution in [2.24, 2.45) is 0 Å². The number of aryl methyl sites for hydroxylation is 1. The molecule has 172 valence electrons. The van der Waals surface area contributed by atoms with Crippen molar-refractivity contribution in [2.75, 3.05) is 0 Å². The summed E-state index contributed by atoms with van der Waals surface area (Å²) in [4.78, 5) is 25.0. The van der Waals surface area contributed by atoms with Gasteiger partial charge in [0, 0.05) is 16.2 Å². The van der Waals surface area contributed by atoms with E-state index in [4.69, 9.17) is 0 Å². The largest absolute Gasteiger partial charge is 0.417 e. The Morgan fingerprint density at radius 3 is 2.41 bits per heavy atom. The topological polar surface area (TPSA) is 79.4 Å². The van der Waals surface area contributed by atoms with Crippen molar-refractivity contribution in [3.05, 3.63) is 98.4 Å². The van der Waals surface area contributed by atoms with Crippen LogP contribution in [0.3, 0.4) is 0 Å². The summed E-state index contributed by atoms with van der Waals surface area (Å²) in [5.41, 5.74) is 2.27. The van der Waals surface area contributed by atoms with E-state index in [1.807, 2.05) is 48.5 Å². The van der Waals surface area contributed by atoms with Gasteiger partial charge in [-0.15, -0.1) is 0 Å². The number of rotatable bonds is 5. The van der Waals surface area contributed by atoms with Crippen LogP contribution in [0.5, 0.6) is 0 Å². The summed E-state index contributed by atoms with van der Waals surface area (Å²) < 4.78 is 41.2. The van der Waals surface area contributed by atoms with E-state index in [1.165, 1.54) is 10.7 Å². The zero-order valence-electron chi connectivity index (χ0n) is 17.5. The Labute approximate surface area is 199 Å². The Kier molecular flexibility index (Phi) is 5.60. The van der Waals surface area contributed by atoms with Crippen molar-refractivity contribution in [1.82, 2.24) is 24.7 Å². The molecule has 34 heavy (non-hydrogen) atoms. The van der Waals surface area contributed by atoms with Gasteiger partial charge in [-0.2, -0.15) is 17.9 Å². The minimum atomic E-state index is -4.50. The molecule has 2 N–H and O–H groups in total. The van der Waals surface area contributed by atoms with Crippen molar-refractivity contribution >= 4 is 27.0 Å². The first-order valence-electron chi connectivity index (χ1n) is 10.4. The Bertz CT molecular complexity index is 1480. The van der Waals surface area contributed by atoms with Gasteiger partial charge in [0.1, 0.15) is 0 Å².